The zero-order valence-corrected chi connectivity index (χ0v) is 3.51. The van der Waals surface area contributed by atoms with Gasteiger partial charge in [-0.2, -0.15) is 0 Å². The van der Waals surface area contributed by atoms with Crippen molar-refractivity contribution in [2.24, 2.45) is 0 Å². The Morgan fingerprint density at radius 1 is 1.71 bits per heavy atom. The van der Waals surface area contributed by atoms with Gasteiger partial charge in [-0.25, -0.2) is 0 Å². The van der Waals surface area contributed by atoms with Crippen molar-refractivity contribution in [2.45, 2.75) is 14.4 Å². The van der Waals surface area contributed by atoms with Crippen molar-refractivity contribution >= 4 is 0 Å². The van der Waals surface area contributed by atoms with E-state index < -0.39 is 0 Å². The number of aryl methyl sites for hydroxylation is 1. The standard InChI is InChI=1S/C4H5NO.CH4/c1-4-2-3-6-5-4;/h2-3H,1H3;1H4. The Morgan fingerprint density at radius 3 is 2.57 bits per heavy atom. The Balaban J connectivity index is 0.000000360. The summed E-state index contributed by atoms with van der Waals surface area (Å²) in [6.07, 6.45) is 1.55. The smallest absolute Gasteiger partial charge is 0.124 e. The topological polar surface area (TPSA) is 26.0 Å². The third kappa shape index (κ3) is 1.39. The second-order valence-corrected chi connectivity index (χ2v) is 1.14. The molecule has 0 saturated heterocycles. The minimum absolute atomic E-state index is 0. The molecule has 1 heterocycles. The largest absolute Gasteiger partial charge is 0.365 e. The van der Waals surface area contributed by atoms with E-state index in [-0.39, 0.29) is 7.43 Å². The maximum Gasteiger partial charge on any atom is 0.124 e. The van der Waals surface area contributed by atoms with E-state index in [0.29, 0.717) is 0 Å². The second-order valence-electron chi connectivity index (χ2n) is 1.14. The monoisotopic (exact) mass is 99.1 g/mol. The van der Waals surface area contributed by atoms with E-state index in [1.807, 2.05) is 6.92 Å². The molecule has 0 fully saturated rings. The Morgan fingerprint density at radius 2 is 2.43 bits per heavy atom. The first-order valence-corrected chi connectivity index (χ1v) is 1.76. The lowest BCUT2D eigenvalue weighted by Gasteiger charge is -1.62. The molecule has 2 heteroatoms. The van der Waals surface area contributed by atoms with Gasteiger partial charge in [0, 0.05) is 6.07 Å². The van der Waals surface area contributed by atoms with Crippen LogP contribution in [0.1, 0.15) is 13.1 Å². The summed E-state index contributed by atoms with van der Waals surface area (Å²) in [5, 5.41) is 3.54. The molecule has 0 unspecified atom stereocenters. The second kappa shape index (κ2) is 2.39. The van der Waals surface area contributed by atoms with E-state index in [1.54, 1.807) is 12.3 Å². The predicted molar refractivity (Wildman–Crippen MR) is 28.0 cm³/mol. The summed E-state index contributed by atoms with van der Waals surface area (Å²) in [7, 11) is 0. The van der Waals surface area contributed by atoms with E-state index in [4.69, 9.17) is 0 Å². The van der Waals surface area contributed by atoms with Gasteiger partial charge in [-0.05, 0) is 6.92 Å². The molecule has 0 bridgehead atoms. The molecule has 0 aliphatic heterocycles. The average Bonchev–Trinajstić information content (AvgIpc) is 1.86. The zero-order chi connectivity index (χ0) is 4.41. The zero-order valence-electron chi connectivity index (χ0n) is 3.51. The van der Waals surface area contributed by atoms with Crippen LogP contribution in [-0.2, 0) is 0 Å². The van der Waals surface area contributed by atoms with Crippen LogP contribution in [0.3, 0.4) is 0 Å². The highest BCUT2D eigenvalue weighted by Gasteiger charge is 1.77. The number of rotatable bonds is 0. The molecule has 0 atom stereocenters. The van der Waals surface area contributed by atoms with E-state index in [1.165, 1.54) is 0 Å². The van der Waals surface area contributed by atoms with Crippen molar-refractivity contribution in [2.75, 3.05) is 0 Å². The molecule has 0 N–H and O–H groups in total. The van der Waals surface area contributed by atoms with Gasteiger partial charge < -0.3 is 4.52 Å². The third-order valence-electron chi connectivity index (χ3n) is 0.567. The fraction of sp³-hybridized carbons (Fsp3) is 0.400. The van der Waals surface area contributed by atoms with Gasteiger partial charge in [-0.3, -0.25) is 0 Å². The Hall–Kier alpha value is -0.790. The molecular formula is C5H9NO. The fourth-order valence-corrected chi connectivity index (χ4v) is 0.273. The van der Waals surface area contributed by atoms with Gasteiger partial charge in [0.15, 0.2) is 0 Å². The van der Waals surface area contributed by atoms with Crippen molar-refractivity contribution in [3.05, 3.63) is 18.0 Å². The molecule has 0 saturated carbocycles. The molecule has 0 aliphatic carbocycles. The first kappa shape index (κ1) is 6.21. The lowest BCUT2D eigenvalue weighted by atomic mass is 10.5. The summed E-state index contributed by atoms with van der Waals surface area (Å²) in [5.74, 6) is 0. The number of hydrogen-bond acceptors (Lipinski definition) is 2. The van der Waals surface area contributed by atoms with Crippen molar-refractivity contribution in [1.82, 2.24) is 5.16 Å². The highest BCUT2D eigenvalue weighted by atomic mass is 16.5. The number of aromatic nitrogens is 1. The summed E-state index contributed by atoms with van der Waals surface area (Å²) < 4.78 is 4.46. The predicted octanol–water partition coefficient (Wildman–Crippen LogP) is 1.62. The first-order valence-electron chi connectivity index (χ1n) is 1.76. The maximum atomic E-state index is 4.46. The Bertz CT molecular complexity index is 112. The van der Waals surface area contributed by atoms with Crippen molar-refractivity contribution in [3.8, 4) is 0 Å². The van der Waals surface area contributed by atoms with Crippen molar-refractivity contribution in [1.29, 1.82) is 0 Å². The van der Waals surface area contributed by atoms with Crippen LogP contribution in [0.5, 0.6) is 0 Å². The molecular weight excluding hydrogens is 90.1 g/mol. The highest BCUT2D eigenvalue weighted by Crippen LogP contribution is 1.86. The van der Waals surface area contributed by atoms with Gasteiger partial charge in [-0.1, -0.05) is 12.6 Å². The van der Waals surface area contributed by atoms with E-state index >= 15 is 0 Å². The van der Waals surface area contributed by atoms with Crippen LogP contribution in [0.25, 0.3) is 0 Å². The van der Waals surface area contributed by atoms with Gasteiger partial charge in [0.05, 0.1) is 5.69 Å². The summed E-state index contributed by atoms with van der Waals surface area (Å²) in [5.41, 5.74) is 0.926. The van der Waals surface area contributed by atoms with E-state index in [9.17, 15) is 0 Å². The molecule has 0 aromatic carbocycles. The van der Waals surface area contributed by atoms with Crippen LogP contribution in [0.4, 0.5) is 0 Å². The molecule has 0 spiro atoms. The minimum atomic E-state index is 0. The average molecular weight is 99.1 g/mol. The van der Waals surface area contributed by atoms with Gasteiger partial charge in [0.2, 0.25) is 0 Å². The summed E-state index contributed by atoms with van der Waals surface area (Å²) in [4.78, 5) is 0. The normalized spacial score (nSPS) is 7.57. The van der Waals surface area contributed by atoms with Crippen LogP contribution in [0.15, 0.2) is 16.9 Å². The molecule has 0 radical (unpaired) electrons. The Labute approximate surface area is 43.1 Å². The minimum Gasteiger partial charge on any atom is -0.365 e. The maximum absolute atomic E-state index is 4.46. The van der Waals surface area contributed by atoms with Crippen LogP contribution < -0.4 is 0 Å². The summed E-state index contributed by atoms with van der Waals surface area (Å²) in [6, 6.07) is 1.81. The Kier molecular flexibility index (Phi) is 2.12. The molecule has 1 aromatic heterocycles. The molecule has 1 aromatic rings. The van der Waals surface area contributed by atoms with Crippen LogP contribution in [0, 0.1) is 6.92 Å². The van der Waals surface area contributed by atoms with Gasteiger partial charge in [0.1, 0.15) is 6.26 Å². The summed E-state index contributed by atoms with van der Waals surface area (Å²) in [6.45, 7) is 1.88. The van der Waals surface area contributed by atoms with Gasteiger partial charge in [-0.15, -0.1) is 0 Å². The lowest BCUT2D eigenvalue weighted by molar-refractivity contribution is 0.415. The van der Waals surface area contributed by atoms with Crippen molar-refractivity contribution in [3.63, 3.8) is 0 Å². The molecule has 7 heavy (non-hydrogen) atoms. The summed E-state index contributed by atoms with van der Waals surface area (Å²) >= 11 is 0. The van der Waals surface area contributed by atoms with Crippen LogP contribution in [-0.4, -0.2) is 5.16 Å². The van der Waals surface area contributed by atoms with Gasteiger partial charge in [0.25, 0.3) is 0 Å². The molecule has 1 rings (SSSR count). The SMILES string of the molecule is C.Cc1ccon1. The lowest BCUT2D eigenvalue weighted by Crippen LogP contribution is -1.59. The third-order valence-corrected chi connectivity index (χ3v) is 0.567. The van der Waals surface area contributed by atoms with Gasteiger partial charge >= 0.3 is 0 Å². The molecule has 0 aliphatic rings. The quantitative estimate of drug-likeness (QED) is 0.494. The van der Waals surface area contributed by atoms with Crippen LogP contribution in [0.2, 0.25) is 0 Å². The van der Waals surface area contributed by atoms with Crippen molar-refractivity contribution < 1.29 is 4.52 Å². The van der Waals surface area contributed by atoms with E-state index in [2.05, 4.69) is 9.68 Å². The number of hydrogen-bond donors (Lipinski definition) is 0. The van der Waals surface area contributed by atoms with Crippen LogP contribution >= 0.6 is 0 Å². The highest BCUT2D eigenvalue weighted by molar-refractivity contribution is 4.89. The first-order chi connectivity index (χ1) is 2.89. The molecule has 40 valence electrons. The molecule has 2 nitrogen and oxygen atoms in total. The fourth-order valence-electron chi connectivity index (χ4n) is 0.273. The van der Waals surface area contributed by atoms with E-state index in [0.717, 1.165) is 5.69 Å². The number of nitrogens with zero attached hydrogens (tertiary/aromatic N) is 1. The molecule has 0 amide bonds.